The Bertz CT molecular complexity index is 984. The van der Waals surface area contributed by atoms with Gasteiger partial charge in [-0.25, -0.2) is 4.79 Å². The molecular formula is C22H21N3O3. The molecule has 3 aromatic rings. The molecule has 0 atom stereocenters. The predicted octanol–water partition coefficient (Wildman–Crippen LogP) is 4.43. The fraction of sp³-hybridized carbons (Fsp3) is 0.136. The smallest absolute Gasteiger partial charge is 0.339 e. The van der Waals surface area contributed by atoms with Crippen LogP contribution in [-0.2, 0) is 11.2 Å². The number of esters is 1. The van der Waals surface area contributed by atoms with E-state index in [1.807, 2.05) is 30.3 Å². The molecule has 6 heteroatoms. The number of benzene rings is 2. The average molecular weight is 375 g/mol. The third kappa shape index (κ3) is 4.54. The van der Waals surface area contributed by atoms with E-state index >= 15 is 0 Å². The zero-order valence-electron chi connectivity index (χ0n) is 15.7. The first-order valence-corrected chi connectivity index (χ1v) is 8.91. The molecule has 142 valence electrons. The number of aromatic nitrogens is 1. The van der Waals surface area contributed by atoms with Crippen molar-refractivity contribution in [2.45, 2.75) is 13.3 Å². The molecule has 2 N–H and O–H groups in total. The Morgan fingerprint density at radius 2 is 1.75 bits per heavy atom. The van der Waals surface area contributed by atoms with Crippen molar-refractivity contribution >= 4 is 28.9 Å². The standard InChI is InChI=1S/C22H21N3O3/c1-3-15-8-10-16(11-9-15)25-21(26)20-14-17(12-13-23-20)24-19-7-5-4-6-18(19)22(27)28-2/h4-14H,3H2,1-2H3,(H,23,24)(H,25,26). The summed E-state index contributed by atoms with van der Waals surface area (Å²) in [6.07, 6.45) is 2.48. The fourth-order valence-corrected chi connectivity index (χ4v) is 2.69. The van der Waals surface area contributed by atoms with Crippen molar-refractivity contribution in [1.82, 2.24) is 4.98 Å². The molecule has 3 rings (SSSR count). The van der Waals surface area contributed by atoms with Crippen LogP contribution in [0.5, 0.6) is 0 Å². The number of methoxy groups -OCH3 is 1. The van der Waals surface area contributed by atoms with Gasteiger partial charge in [0.25, 0.3) is 5.91 Å². The number of aryl methyl sites for hydroxylation is 1. The lowest BCUT2D eigenvalue weighted by Gasteiger charge is -2.11. The summed E-state index contributed by atoms with van der Waals surface area (Å²) >= 11 is 0. The van der Waals surface area contributed by atoms with Crippen LogP contribution in [0.1, 0.15) is 33.3 Å². The van der Waals surface area contributed by atoms with Crippen LogP contribution >= 0.6 is 0 Å². The minimum atomic E-state index is -0.439. The Morgan fingerprint density at radius 1 is 1.00 bits per heavy atom. The number of pyridine rings is 1. The maximum atomic E-state index is 12.5. The van der Waals surface area contributed by atoms with Gasteiger partial charge < -0.3 is 15.4 Å². The monoisotopic (exact) mass is 375 g/mol. The molecular weight excluding hydrogens is 354 g/mol. The largest absolute Gasteiger partial charge is 0.465 e. The maximum absolute atomic E-state index is 12.5. The summed E-state index contributed by atoms with van der Waals surface area (Å²) in [6, 6.07) is 18.0. The Balaban J connectivity index is 1.77. The molecule has 6 nitrogen and oxygen atoms in total. The van der Waals surface area contributed by atoms with E-state index in [-0.39, 0.29) is 11.6 Å². The van der Waals surface area contributed by atoms with Gasteiger partial charge in [0.05, 0.1) is 18.4 Å². The maximum Gasteiger partial charge on any atom is 0.339 e. The van der Waals surface area contributed by atoms with Crippen LogP contribution in [0.4, 0.5) is 17.1 Å². The fourth-order valence-electron chi connectivity index (χ4n) is 2.69. The van der Waals surface area contributed by atoms with Crippen LogP contribution in [0.15, 0.2) is 66.9 Å². The average Bonchev–Trinajstić information content (AvgIpc) is 2.74. The summed E-state index contributed by atoms with van der Waals surface area (Å²) in [7, 11) is 1.33. The zero-order valence-corrected chi connectivity index (χ0v) is 15.7. The third-order valence-electron chi connectivity index (χ3n) is 4.22. The highest BCUT2D eigenvalue weighted by atomic mass is 16.5. The highest BCUT2D eigenvalue weighted by Gasteiger charge is 2.13. The lowest BCUT2D eigenvalue weighted by atomic mass is 10.1. The molecule has 0 spiro atoms. The number of carbonyl (C=O) groups is 2. The first kappa shape index (κ1) is 19.1. The van der Waals surface area contributed by atoms with Gasteiger partial charge in [-0.1, -0.05) is 31.2 Å². The molecule has 0 fully saturated rings. The van der Waals surface area contributed by atoms with E-state index in [2.05, 4.69) is 22.5 Å². The van der Waals surface area contributed by atoms with E-state index in [0.717, 1.165) is 6.42 Å². The summed E-state index contributed by atoms with van der Waals surface area (Å²) in [5.74, 6) is -0.750. The van der Waals surface area contributed by atoms with Crippen LogP contribution in [0.2, 0.25) is 0 Å². The van der Waals surface area contributed by atoms with Gasteiger partial charge in [-0.2, -0.15) is 0 Å². The summed E-state index contributed by atoms with van der Waals surface area (Å²) < 4.78 is 4.80. The number of amides is 1. The van der Waals surface area contributed by atoms with Crippen LogP contribution < -0.4 is 10.6 Å². The van der Waals surface area contributed by atoms with Crippen molar-refractivity contribution < 1.29 is 14.3 Å². The first-order chi connectivity index (χ1) is 13.6. The molecule has 28 heavy (non-hydrogen) atoms. The van der Waals surface area contributed by atoms with Crippen molar-refractivity contribution in [2.24, 2.45) is 0 Å². The van der Waals surface area contributed by atoms with Gasteiger partial charge in [0.2, 0.25) is 0 Å². The molecule has 0 saturated carbocycles. The predicted molar refractivity (Wildman–Crippen MR) is 109 cm³/mol. The van der Waals surface area contributed by atoms with E-state index < -0.39 is 5.97 Å². The van der Waals surface area contributed by atoms with E-state index in [0.29, 0.717) is 22.6 Å². The van der Waals surface area contributed by atoms with Crippen LogP contribution in [0.25, 0.3) is 0 Å². The van der Waals surface area contributed by atoms with E-state index in [1.54, 1.807) is 30.3 Å². The summed E-state index contributed by atoms with van der Waals surface area (Å²) in [4.78, 5) is 28.6. The van der Waals surface area contributed by atoms with Crippen molar-refractivity contribution in [3.05, 3.63) is 83.7 Å². The molecule has 2 aromatic carbocycles. The van der Waals surface area contributed by atoms with Gasteiger partial charge >= 0.3 is 5.97 Å². The van der Waals surface area contributed by atoms with E-state index in [9.17, 15) is 9.59 Å². The Hall–Kier alpha value is -3.67. The van der Waals surface area contributed by atoms with Crippen molar-refractivity contribution in [3.63, 3.8) is 0 Å². The Labute approximate surface area is 163 Å². The number of para-hydroxylation sites is 1. The van der Waals surface area contributed by atoms with Crippen LogP contribution in [-0.4, -0.2) is 24.0 Å². The molecule has 1 aromatic heterocycles. The normalized spacial score (nSPS) is 10.2. The van der Waals surface area contributed by atoms with Crippen LogP contribution in [0, 0.1) is 0 Å². The SMILES string of the molecule is CCc1ccc(NC(=O)c2cc(Nc3ccccc3C(=O)OC)ccn2)cc1. The number of ether oxygens (including phenoxy) is 1. The van der Waals surface area contributed by atoms with Crippen molar-refractivity contribution in [2.75, 3.05) is 17.7 Å². The van der Waals surface area contributed by atoms with Crippen molar-refractivity contribution in [1.29, 1.82) is 0 Å². The second-order valence-electron chi connectivity index (χ2n) is 6.10. The van der Waals surface area contributed by atoms with Gasteiger partial charge in [0.1, 0.15) is 5.69 Å². The molecule has 1 heterocycles. The third-order valence-corrected chi connectivity index (χ3v) is 4.22. The molecule has 0 saturated heterocycles. The topological polar surface area (TPSA) is 80.3 Å². The quantitative estimate of drug-likeness (QED) is 0.623. The highest BCUT2D eigenvalue weighted by molar-refractivity contribution is 6.03. The van der Waals surface area contributed by atoms with Gasteiger partial charge in [-0.15, -0.1) is 0 Å². The number of rotatable bonds is 6. The van der Waals surface area contributed by atoms with E-state index in [4.69, 9.17) is 4.74 Å². The molecule has 1 amide bonds. The molecule has 0 radical (unpaired) electrons. The molecule has 0 aliphatic rings. The van der Waals surface area contributed by atoms with Gasteiger partial charge in [0.15, 0.2) is 0 Å². The Morgan fingerprint density at radius 3 is 2.46 bits per heavy atom. The molecule has 0 aliphatic carbocycles. The number of anilines is 3. The minimum absolute atomic E-state index is 0.264. The number of hydrogen-bond donors (Lipinski definition) is 2. The van der Waals surface area contributed by atoms with Crippen LogP contribution in [0.3, 0.4) is 0 Å². The lowest BCUT2D eigenvalue weighted by molar-refractivity contribution is 0.0601. The second-order valence-corrected chi connectivity index (χ2v) is 6.10. The first-order valence-electron chi connectivity index (χ1n) is 8.91. The van der Waals surface area contributed by atoms with Gasteiger partial charge in [-0.3, -0.25) is 9.78 Å². The number of nitrogens with one attached hydrogen (secondary N) is 2. The summed E-state index contributed by atoms with van der Waals surface area (Å²) in [6.45, 7) is 2.08. The summed E-state index contributed by atoms with van der Waals surface area (Å²) in [5, 5.41) is 5.98. The zero-order chi connectivity index (χ0) is 19.9. The number of carbonyl (C=O) groups excluding carboxylic acids is 2. The van der Waals surface area contributed by atoms with Gasteiger partial charge in [-0.05, 0) is 48.4 Å². The number of hydrogen-bond acceptors (Lipinski definition) is 5. The molecule has 0 aliphatic heterocycles. The second kappa shape index (κ2) is 8.81. The van der Waals surface area contributed by atoms with Crippen molar-refractivity contribution in [3.8, 4) is 0 Å². The summed E-state index contributed by atoms with van der Waals surface area (Å²) in [5.41, 5.74) is 3.80. The lowest BCUT2D eigenvalue weighted by Crippen LogP contribution is -2.14. The van der Waals surface area contributed by atoms with Gasteiger partial charge in [0, 0.05) is 17.6 Å². The number of nitrogens with zero attached hydrogens (tertiary/aromatic N) is 1. The molecule has 0 unspecified atom stereocenters. The Kier molecular flexibility index (Phi) is 6.01. The highest BCUT2D eigenvalue weighted by Crippen LogP contribution is 2.22. The minimum Gasteiger partial charge on any atom is -0.465 e. The molecule has 0 bridgehead atoms. The van der Waals surface area contributed by atoms with E-state index in [1.165, 1.54) is 18.9 Å².